The number of carboxylic acids is 2. The van der Waals surface area contributed by atoms with E-state index >= 15 is 0 Å². The quantitative estimate of drug-likeness (QED) is 0.331. The third-order valence-electron chi connectivity index (χ3n) is 5.62. The number of nitrogens with one attached hydrogen (secondary N) is 2. The summed E-state index contributed by atoms with van der Waals surface area (Å²) in [5.74, 6) is -2.87. The molecule has 2 atom stereocenters. The number of hydrogen-bond acceptors (Lipinski definition) is 5. The fraction of sp³-hybridized carbons (Fsp3) is 0.400. The molecular formula is C25H32N2O6. The van der Waals surface area contributed by atoms with Gasteiger partial charge in [-0.15, -0.1) is 0 Å². The molecule has 0 bridgehead atoms. The topological polar surface area (TPSA) is 136 Å². The summed E-state index contributed by atoms with van der Waals surface area (Å²) < 4.78 is 0. The molecule has 0 heterocycles. The van der Waals surface area contributed by atoms with E-state index in [1.807, 2.05) is 39.0 Å². The predicted octanol–water partition coefficient (Wildman–Crippen LogP) is 2.61. The van der Waals surface area contributed by atoms with Crippen LogP contribution in [-0.2, 0) is 26.2 Å². The van der Waals surface area contributed by atoms with Gasteiger partial charge in [0.05, 0.1) is 12.5 Å². The van der Waals surface area contributed by atoms with E-state index in [-0.39, 0.29) is 12.2 Å². The molecular weight excluding hydrogens is 424 g/mol. The van der Waals surface area contributed by atoms with Crippen molar-refractivity contribution in [3.05, 3.63) is 65.2 Å². The first-order valence-corrected chi connectivity index (χ1v) is 10.8. The Bertz CT molecular complexity index is 974. The summed E-state index contributed by atoms with van der Waals surface area (Å²) in [4.78, 5) is 35.7. The van der Waals surface area contributed by atoms with Gasteiger partial charge in [0, 0.05) is 6.42 Å². The normalized spacial score (nSPS) is 13.2. The van der Waals surface area contributed by atoms with Crippen LogP contribution in [0.5, 0.6) is 5.75 Å². The lowest BCUT2D eigenvalue weighted by atomic mass is 9.80. The number of carbonyl (C=O) groups is 3. The van der Waals surface area contributed by atoms with Crippen LogP contribution < -0.4 is 10.6 Å². The second-order valence-corrected chi connectivity index (χ2v) is 8.85. The number of aliphatic carboxylic acids is 2. The number of benzene rings is 2. The molecule has 8 heteroatoms. The zero-order valence-electron chi connectivity index (χ0n) is 19.2. The molecule has 0 unspecified atom stereocenters. The molecule has 0 aromatic heterocycles. The number of amides is 1. The van der Waals surface area contributed by atoms with Gasteiger partial charge in [0.25, 0.3) is 0 Å². The number of rotatable bonds is 12. The van der Waals surface area contributed by atoms with E-state index in [4.69, 9.17) is 0 Å². The van der Waals surface area contributed by atoms with Gasteiger partial charge in [0.2, 0.25) is 5.91 Å². The van der Waals surface area contributed by atoms with Crippen molar-refractivity contribution in [2.45, 2.75) is 57.5 Å². The summed E-state index contributed by atoms with van der Waals surface area (Å²) in [6.45, 7) is 6.08. The molecule has 0 aliphatic rings. The minimum absolute atomic E-state index is 0.0848. The van der Waals surface area contributed by atoms with Crippen molar-refractivity contribution < 1.29 is 29.7 Å². The van der Waals surface area contributed by atoms with Gasteiger partial charge in [-0.2, -0.15) is 0 Å². The van der Waals surface area contributed by atoms with Gasteiger partial charge < -0.3 is 26.0 Å². The number of hydrogen-bond donors (Lipinski definition) is 5. The zero-order chi connectivity index (χ0) is 24.6. The van der Waals surface area contributed by atoms with Gasteiger partial charge in [-0.25, -0.2) is 4.79 Å². The molecule has 5 N–H and O–H groups in total. The summed E-state index contributed by atoms with van der Waals surface area (Å²) in [5, 5.41) is 34.5. The third-order valence-corrected chi connectivity index (χ3v) is 5.62. The highest BCUT2D eigenvalue weighted by atomic mass is 16.4. The Morgan fingerprint density at radius 1 is 1.00 bits per heavy atom. The van der Waals surface area contributed by atoms with Crippen molar-refractivity contribution in [1.29, 1.82) is 0 Å². The number of aryl methyl sites for hydroxylation is 1. The van der Waals surface area contributed by atoms with Gasteiger partial charge in [0.15, 0.2) is 0 Å². The molecule has 0 saturated heterocycles. The molecule has 0 aliphatic heterocycles. The Balaban J connectivity index is 2.04. The van der Waals surface area contributed by atoms with Crippen molar-refractivity contribution in [2.24, 2.45) is 0 Å². The molecule has 0 spiro atoms. The second-order valence-electron chi connectivity index (χ2n) is 8.85. The lowest BCUT2D eigenvalue weighted by Gasteiger charge is -2.28. The highest BCUT2D eigenvalue weighted by Gasteiger charge is 2.29. The number of aromatic hydroxyl groups is 1. The molecule has 2 rings (SSSR count). The number of phenolic OH excluding ortho intramolecular Hbond substituents is 1. The van der Waals surface area contributed by atoms with Gasteiger partial charge in [-0.1, -0.05) is 56.3 Å². The van der Waals surface area contributed by atoms with Crippen LogP contribution in [0.25, 0.3) is 0 Å². The molecule has 0 saturated carbocycles. The maximum absolute atomic E-state index is 12.8. The maximum Gasteiger partial charge on any atom is 0.326 e. The molecule has 0 aliphatic carbocycles. The Kier molecular flexibility index (Phi) is 8.99. The van der Waals surface area contributed by atoms with Crippen molar-refractivity contribution in [1.82, 2.24) is 10.6 Å². The van der Waals surface area contributed by atoms with Crippen LogP contribution in [0.4, 0.5) is 0 Å². The highest BCUT2D eigenvalue weighted by molar-refractivity contribution is 5.89. The van der Waals surface area contributed by atoms with Gasteiger partial charge in [0.1, 0.15) is 11.8 Å². The highest BCUT2D eigenvalue weighted by Crippen LogP contribution is 2.33. The SMILES string of the molecule is Cc1ccc(C(C)(C)CCN[C@@H](CC(=O)O)C(=O)N[C@@H](Cc2ccccc2)C(=O)O)c(O)c1. The summed E-state index contributed by atoms with van der Waals surface area (Å²) in [6.07, 6.45) is 0.112. The van der Waals surface area contributed by atoms with E-state index in [1.54, 1.807) is 30.3 Å². The molecule has 0 fully saturated rings. The van der Waals surface area contributed by atoms with Gasteiger partial charge in [-0.05, 0) is 48.1 Å². The second kappa shape index (κ2) is 11.5. The van der Waals surface area contributed by atoms with E-state index in [0.717, 1.165) is 16.7 Å². The Hall–Kier alpha value is -3.39. The van der Waals surface area contributed by atoms with Crippen LogP contribution >= 0.6 is 0 Å². The standard InChI is InChI=1S/C25H32N2O6/c1-16-9-10-18(21(28)13-16)25(2,3)11-12-26-19(15-22(29)30)23(31)27-20(24(32)33)14-17-7-5-4-6-8-17/h4-10,13,19-20,26,28H,11-12,14-15H2,1-3H3,(H,27,31)(H,29,30)(H,32,33)/t19-,20-/m0/s1. The molecule has 33 heavy (non-hydrogen) atoms. The number of carbonyl (C=O) groups excluding carboxylic acids is 1. The van der Waals surface area contributed by atoms with Crippen LogP contribution in [0.3, 0.4) is 0 Å². The van der Waals surface area contributed by atoms with Crippen molar-refractivity contribution in [3.8, 4) is 5.75 Å². The summed E-state index contributed by atoms with van der Waals surface area (Å²) in [7, 11) is 0. The first-order chi connectivity index (χ1) is 15.5. The first kappa shape index (κ1) is 25.9. The van der Waals surface area contributed by atoms with Crippen molar-refractivity contribution >= 4 is 17.8 Å². The van der Waals surface area contributed by atoms with E-state index in [2.05, 4.69) is 10.6 Å². The Labute approximate surface area is 193 Å². The zero-order valence-corrected chi connectivity index (χ0v) is 19.2. The Morgan fingerprint density at radius 3 is 2.24 bits per heavy atom. The average Bonchev–Trinajstić information content (AvgIpc) is 2.72. The van der Waals surface area contributed by atoms with Gasteiger partial charge >= 0.3 is 11.9 Å². The van der Waals surface area contributed by atoms with Crippen molar-refractivity contribution in [2.75, 3.05) is 6.54 Å². The summed E-state index contributed by atoms with van der Waals surface area (Å²) in [6, 6.07) is 12.1. The van der Waals surface area contributed by atoms with Crippen LogP contribution in [0.15, 0.2) is 48.5 Å². The van der Waals surface area contributed by atoms with Crippen LogP contribution in [0.2, 0.25) is 0 Å². The number of phenols is 1. The molecule has 2 aromatic rings. The van der Waals surface area contributed by atoms with Crippen LogP contribution in [0.1, 0.15) is 43.4 Å². The molecule has 178 valence electrons. The summed E-state index contributed by atoms with van der Waals surface area (Å²) >= 11 is 0. The maximum atomic E-state index is 12.8. The van der Waals surface area contributed by atoms with E-state index in [0.29, 0.717) is 13.0 Å². The van der Waals surface area contributed by atoms with Crippen molar-refractivity contribution in [3.63, 3.8) is 0 Å². The number of carboxylic acid groups (broad SMARTS) is 2. The minimum Gasteiger partial charge on any atom is -0.508 e. The van der Waals surface area contributed by atoms with Gasteiger partial charge in [-0.3, -0.25) is 9.59 Å². The minimum atomic E-state index is -1.20. The predicted molar refractivity (Wildman–Crippen MR) is 124 cm³/mol. The monoisotopic (exact) mass is 456 g/mol. The van der Waals surface area contributed by atoms with Crippen LogP contribution in [0, 0.1) is 6.92 Å². The van der Waals surface area contributed by atoms with E-state index < -0.39 is 41.8 Å². The lowest BCUT2D eigenvalue weighted by molar-refractivity contribution is -0.143. The van der Waals surface area contributed by atoms with E-state index in [9.17, 15) is 29.7 Å². The molecule has 0 radical (unpaired) electrons. The lowest BCUT2D eigenvalue weighted by Crippen LogP contribution is -2.52. The van der Waals surface area contributed by atoms with E-state index in [1.165, 1.54) is 0 Å². The molecule has 2 aromatic carbocycles. The first-order valence-electron chi connectivity index (χ1n) is 10.8. The molecule has 1 amide bonds. The smallest absolute Gasteiger partial charge is 0.326 e. The average molecular weight is 457 g/mol. The fourth-order valence-electron chi connectivity index (χ4n) is 3.66. The Morgan fingerprint density at radius 2 is 1.67 bits per heavy atom. The fourth-order valence-corrected chi connectivity index (χ4v) is 3.66. The largest absolute Gasteiger partial charge is 0.508 e. The summed E-state index contributed by atoms with van der Waals surface area (Å²) in [5.41, 5.74) is 1.99. The van der Waals surface area contributed by atoms with Crippen LogP contribution in [-0.4, -0.2) is 51.8 Å². The molecule has 8 nitrogen and oxygen atoms in total. The third kappa shape index (κ3) is 7.91.